The van der Waals surface area contributed by atoms with Crippen LogP contribution < -0.4 is 24.8 Å². The van der Waals surface area contributed by atoms with Crippen LogP contribution in [-0.2, 0) is 9.59 Å². The van der Waals surface area contributed by atoms with E-state index in [1.54, 1.807) is 37.4 Å². The van der Waals surface area contributed by atoms with Gasteiger partial charge in [0.2, 0.25) is 17.7 Å². The average molecular weight is 602 g/mol. The van der Waals surface area contributed by atoms with E-state index in [4.69, 9.17) is 14.2 Å². The number of hydrogen-bond acceptors (Lipinski definition) is 8. The number of likely N-dealkylation sites (N-methyl/N-ethyl adjacent to an activating group) is 1. The SMILES string of the molecule is CCN(CC)CCOc1cc2ncnc(Oc3ccc(NC(=O)C4(C(=O)Nc5ccc(F)cc5)CCC4)cc3)c2cc1OC. The predicted molar refractivity (Wildman–Crippen MR) is 166 cm³/mol. The van der Waals surface area contributed by atoms with Gasteiger partial charge in [-0.05, 0) is 80.5 Å². The zero-order chi connectivity index (χ0) is 31.1. The monoisotopic (exact) mass is 601 g/mol. The molecule has 0 radical (unpaired) electrons. The molecule has 10 nitrogen and oxygen atoms in total. The van der Waals surface area contributed by atoms with Crippen molar-refractivity contribution < 1.29 is 28.2 Å². The summed E-state index contributed by atoms with van der Waals surface area (Å²) in [6.07, 6.45) is 3.05. The van der Waals surface area contributed by atoms with Crippen LogP contribution >= 0.6 is 0 Å². The molecule has 0 aliphatic heterocycles. The standard InChI is InChI=1S/C33H36FN5O5/c1-4-39(5-2)17-18-43-29-20-27-26(19-28(29)42-3)30(36-21-35-27)44-25-13-11-24(12-14-25)38-32(41)33(15-6-16-33)31(40)37-23-9-7-22(34)8-10-23/h7-14,19-21H,4-6,15-18H2,1-3H3,(H,37,40)(H,38,41). The Morgan fingerprint density at radius 1 is 0.909 bits per heavy atom. The van der Waals surface area contributed by atoms with E-state index in [9.17, 15) is 14.0 Å². The summed E-state index contributed by atoms with van der Waals surface area (Å²) in [7, 11) is 1.58. The van der Waals surface area contributed by atoms with E-state index in [1.165, 1.54) is 30.6 Å². The number of carbonyl (C=O) groups is 2. The van der Waals surface area contributed by atoms with Crippen molar-refractivity contribution >= 4 is 34.1 Å². The summed E-state index contributed by atoms with van der Waals surface area (Å²) in [6, 6.07) is 15.9. The van der Waals surface area contributed by atoms with Gasteiger partial charge in [-0.15, -0.1) is 0 Å². The molecular weight excluding hydrogens is 565 g/mol. The summed E-state index contributed by atoms with van der Waals surface area (Å²) in [6.45, 7) is 7.45. The van der Waals surface area contributed by atoms with Gasteiger partial charge in [-0.2, -0.15) is 0 Å². The number of nitrogens with one attached hydrogen (secondary N) is 2. The maximum Gasteiger partial charge on any atom is 0.240 e. The second-order valence-electron chi connectivity index (χ2n) is 10.6. The van der Waals surface area contributed by atoms with Gasteiger partial charge in [0.25, 0.3) is 0 Å². The Balaban J connectivity index is 1.25. The fraction of sp³-hybridized carbons (Fsp3) is 0.333. The lowest BCUT2D eigenvalue weighted by Crippen LogP contribution is -2.50. The lowest BCUT2D eigenvalue weighted by molar-refractivity contribution is -0.142. The number of fused-ring (bicyclic) bond motifs is 1. The lowest BCUT2D eigenvalue weighted by atomic mass is 9.67. The first-order chi connectivity index (χ1) is 21.3. The van der Waals surface area contributed by atoms with Crippen molar-refractivity contribution in [2.24, 2.45) is 5.41 Å². The second kappa shape index (κ2) is 13.7. The molecule has 5 rings (SSSR count). The molecule has 0 bridgehead atoms. The molecule has 1 aromatic heterocycles. The molecule has 1 aliphatic rings. The van der Waals surface area contributed by atoms with Crippen LogP contribution in [0.15, 0.2) is 67.0 Å². The van der Waals surface area contributed by atoms with Crippen LogP contribution in [0.2, 0.25) is 0 Å². The number of hydrogen-bond donors (Lipinski definition) is 2. The molecule has 1 saturated carbocycles. The van der Waals surface area contributed by atoms with Crippen LogP contribution in [0.25, 0.3) is 10.9 Å². The number of nitrogens with zero attached hydrogens (tertiary/aromatic N) is 3. The molecule has 2 N–H and O–H groups in total. The van der Waals surface area contributed by atoms with Gasteiger partial charge in [-0.1, -0.05) is 20.3 Å². The van der Waals surface area contributed by atoms with Gasteiger partial charge >= 0.3 is 0 Å². The van der Waals surface area contributed by atoms with Crippen molar-refractivity contribution in [2.75, 3.05) is 44.0 Å². The quantitative estimate of drug-likeness (QED) is 0.178. The van der Waals surface area contributed by atoms with E-state index in [0.717, 1.165) is 26.1 Å². The maximum absolute atomic E-state index is 13.2. The normalized spacial score (nSPS) is 13.7. The molecule has 2 amide bonds. The number of ether oxygens (including phenoxy) is 3. The van der Waals surface area contributed by atoms with E-state index >= 15 is 0 Å². The molecule has 11 heteroatoms. The van der Waals surface area contributed by atoms with E-state index in [1.807, 2.05) is 6.07 Å². The summed E-state index contributed by atoms with van der Waals surface area (Å²) in [5, 5.41) is 6.25. The Hall–Kier alpha value is -4.77. The summed E-state index contributed by atoms with van der Waals surface area (Å²) in [5.74, 6) is 0.771. The zero-order valence-corrected chi connectivity index (χ0v) is 25.1. The molecule has 1 heterocycles. The third-order valence-electron chi connectivity index (χ3n) is 7.95. The van der Waals surface area contributed by atoms with Crippen LogP contribution in [0.1, 0.15) is 33.1 Å². The highest BCUT2D eigenvalue weighted by Gasteiger charge is 2.50. The van der Waals surface area contributed by atoms with Gasteiger partial charge in [0.1, 0.15) is 29.9 Å². The van der Waals surface area contributed by atoms with Crippen molar-refractivity contribution in [1.82, 2.24) is 14.9 Å². The summed E-state index contributed by atoms with van der Waals surface area (Å²) >= 11 is 0. The van der Waals surface area contributed by atoms with Crippen molar-refractivity contribution in [3.05, 3.63) is 72.8 Å². The van der Waals surface area contributed by atoms with Crippen LogP contribution in [0.3, 0.4) is 0 Å². The number of halogens is 1. The highest BCUT2D eigenvalue weighted by molar-refractivity contribution is 6.15. The minimum Gasteiger partial charge on any atom is -0.493 e. The largest absolute Gasteiger partial charge is 0.493 e. The summed E-state index contributed by atoms with van der Waals surface area (Å²) in [4.78, 5) is 37.3. The Labute approximate surface area is 255 Å². The molecule has 230 valence electrons. The third-order valence-corrected chi connectivity index (χ3v) is 7.95. The predicted octanol–water partition coefficient (Wildman–Crippen LogP) is 6.04. The van der Waals surface area contributed by atoms with Crippen molar-refractivity contribution in [2.45, 2.75) is 33.1 Å². The van der Waals surface area contributed by atoms with Gasteiger partial charge in [-0.25, -0.2) is 14.4 Å². The van der Waals surface area contributed by atoms with Crippen LogP contribution in [0.5, 0.6) is 23.1 Å². The van der Waals surface area contributed by atoms with Crippen molar-refractivity contribution in [1.29, 1.82) is 0 Å². The minimum absolute atomic E-state index is 0.339. The second-order valence-corrected chi connectivity index (χ2v) is 10.6. The van der Waals surface area contributed by atoms with Gasteiger partial charge in [-0.3, -0.25) is 9.59 Å². The van der Waals surface area contributed by atoms with E-state index in [0.29, 0.717) is 64.9 Å². The zero-order valence-electron chi connectivity index (χ0n) is 25.1. The number of carbonyl (C=O) groups excluding carboxylic acids is 2. The molecule has 44 heavy (non-hydrogen) atoms. The van der Waals surface area contributed by atoms with Crippen LogP contribution in [0, 0.1) is 11.2 Å². The van der Waals surface area contributed by atoms with Crippen LogP contribution in [0.4, 0.5) is 15.8 Å². The van der Waals surface area contributed by atoms with Crippen molar-refractivity contribution in [3.63, 3.8) is 0 Å². The Bertz CT molecular complexity index is 1610. The molecule has 1 fully saturated rings. The molecule has 0 atom stereocenters. The number of benzene rings is 3. The summed E-state index contributed by atoms with van der Waals surface area (Å²) in [5.41, 5.74) is 0.410. The smallest absolute Gasteiger partial charge is 0.240 e. The highest BCUT2D eigenvalue weighted by atomic mass is 19.1. The molecular formula is C33H36FN5O5. The van der Waals surface area contributed by atoms with E-state index < -0.39 is 17.1 Å². The average Bonchev–Trinajstić information content (AvgIpc) is 3.00. The third kappa shape index (κ3) is 6.73. The fourth-order valence-electron chi connectivity index (χ4n) is 5.06. The fourth-order valence-corrected chi connectivity index (χ4v) is 5.06. The van der Waals surface area contributed by atoms with Gasteiger partial charge in [0, 0.05) is 24.0 Å². The van der Waals surface area contributed by atoms with Crippen molar-refractivity contribution in [3.8, 4) is 23.1 Å². The summed E-state index contributed by atoms with van der Waals surface area (Å²) < 4.78 is 30.9. The van der Waals surface area contributed by atoms with E-state index in [-0.39, 0.29) is 5.91 Å². The highest BCUT2D eigenvalue weighted by Crippen LogP contribution is 2.43. The Morgan fingerprint density at radius 2 is 1.55 bits per heavy atom. The van der Waals surface area contributed by atoms with Gasteiger partial charge in [0.15, 0.2) is 11.5 Å². The first kappa shape index (κ1) is 30.7. The number of rotatable bonds is 13. The van der Waals surface area contributed by atoms with Gasteiger partial charge < -0.3 is 29.7 Å². The minimum atomic E-state index is -1.18. The maximum atomic E-state index is 13.2. The first-order valence-electron chi connectivity index (χ1n) is 14.7. The number of aromatic nitrogens is 2. The number of amides is 2. The molecule has 0 saturated heterocycles. The van der Waals surface area contributed by atoms with E-state index in [2.05, 4.69) is 39.3 Å². The number of anilines is 2. The Morgan fingerprint density at radius 3 is 2.11 bits per heavy atom. The first-order valence-corrected chi connectivity index (χ1v) is 14.7. The molecule has 1 aliphatic carbocycles. The van der Waals surface area contributed by atoms with Gasteiger partial charge in [0.05, 0.1) is 18.0 Å². The molecule has 3 aromatic carbocycles. The Kier molecular flexibility index (Phi) is 9.54. The molecule has 4 aromatic rings. The lowest BCUT2D eigenvalue weighted by Gasteiger charge is -2.38. The topological polar surface area (TPSA) is 115 Å². The van der Waals surface area contributed by atoms with Crippen LogP contribution in [-0.4, -0.2) is 60.0 Å². The molecule has 0 spiro atoms. The molecule has 0 unspecified atom stereocenters. The number of methoxy groups -OCH3 is 1.